The number of benzene rings is 1. The van der Waals surface area contributed by atoms with Gasteiger partial charge in [-0.25, -0.2) is 20.2 Å². The highest BCUT2D eigenvalue weighted by molar-refractivity contribution is 7.98. The van der Waals surface area contributed by atoms with E-state index >= 15 is 0 Å². The van der Waals surface area contributed by atoms with Crippen LogP contribution in [0.4, 0.5) is 16.0 Å². The summed E-state index contributed by atoms with van der Waals surface area (Å²) in [4.78, 5) is 10.6. The highest BCUT2D eigenvalue weighted by atomic mass is 32.2. The first-order valence-corrected chi connectivity index (χ1v) is 7.20. The molecular weight excluding hydrogens is 277 g/mol. The van der Waals surface area contributed by atoms with Gasteiger partial charge in [-0.05, 0) is 24.0 Å². The minimum absolute atomic E-state index is 0.238. The number of nitrogens with two attached hydrogens (primary N) is 1. The molecule has 2 rings (SSSR count). The predicted octanol–water partition coefficient (Wildman–Crippen LogP) is 2.26. The van der Waals surface area contributed by atoms with Crippen LogP contribution in [0.2, 0.25) is 0 Å². The zero-order chi connectivity index (χ0) is 14.5. The van der Waals surface area contributed by atoms with E-state index in [9.17, 15) is 4.39 Å². The summed E-state index contributed by atoms with van der Waals surface area (Å²) in [6, 6.07) is 8.17. The van der Waals surface area contributed by atoms with E-state index in [1.807, 2.05) is 18.2 Å². The third-order valence-electron chi connectivity index (χ3n) is 2.75. The highest BCUT2D eigenvalue weighted by Gasteiger charge is 2.08. The van der Waals surface area contributed by atoms with E-state index < -0.39 is 0 Å². The standard InChI is InChI=1S/C13H16FN5S/c1-19(8-9-3-5-10(14)6-4-9)12-7-11(18-15)16-13(17-12)20-2/h3-7H,8,15H2,1-2H3,(H,16,17,18). The van der Waals surface area contributed by atoms with Crippen LogP contribution >= 0.6 is 11.8 Å². The maximum absolute atomic E-state index is 12.9. The van der Waals surface area contributed by atoms with E-state index in [1.54, 1.807) is 18.2 Å². The van der Waals surface area contributed by atoms with Crippen molar-refractivity contribution >= 4 is 23.4 Å². The lowest BCUT2D eigenvalue weighted by atomic mass is 10.2. The molecule has 1 aromatic carbocycles. The quantitative estimate of drug-likeness (QED) is 0.381. The Morgan fingerprint density at radius 3 is 2.60 bits per heavy atom. The largest absolute Gasteiger partial charge is 0.355 e. The molecule has 106 valence electrons. The molecule has 1 aromatic heterocycles. The van der Waals surface area contributed by atoms with Crippen molar-refractivity contribution in [1.82, 2.24) is 9.97 Å². The zero-order valence-corrected chi connectivity index (χ0v) is 12.1. The molecule has 0 atom stereocenters. The molecular formula is C13H16FN5S. The Balaban J connectivity index is 2.19. The van der Waals surface area contributed by atoms with Gasteiger partial charge in [0.05, 0.1) is 0 Å². The molecule has 3 N–H and O–H groups in total. The second-order valence-corrected chi connectivity index (χ2v) is 5.00. The van der Waals surface area contributed by atoms with Gasteiger partial charge in [-0.3, -0.25) is 0 Å². The van der Waals surface area contributed by atoms with Crippen LogP contribution in [0.25, 0.3) is 0 Å². The monoisotopic (exact) mass is 293 g/mol. The zero-order valence-electron chi connectivity index (χ0n) is 11.3. The summed E-state index contributed by atoms with van der Waals surface area (Å²) in [6.07, 6.45) is 1.90. The molecule has 0 aliphatic heterocycles. The average molecular weight is 293 g/mol. The highest BCUT2D eigenvalue weighted by Crippen LogP contribution is 2.20. The van der Waals surface area contributed by atoms with Crippen molar-refractivity contribution in [2.75, 3.05) is 23.6 Å². The first kappa shape index (κ1) is 14.5. The molecule has 7 heteroatoms. The van der Waals surface area contributed by atoms with Crippen LogP contribution in [0.15, 0.2) is 35.5 Å². The van der Waals surface area contributed by atoms with Gasteiger partial charge in [0.25, 0.3) is 0 Å². The predicted molar refractivity (Wildman–Crippen MR) is 80.1 cm³/mol. The van der Waals surface area contributed by atoms with Gasteiger partial charge in [0.15, 0.2) is 5.16 Å². The second kappa shape index (κ2) is 6.53. The molecule has 2 aromatic rings. The number of aromatic nitrogens is 2. The molecule has 0 radical (unpaired) electrons. The molecule has 0 aliphatic carbocycles. The number of hydrogen-bond donors (Lipinski definition) is 2. The van der Waals surface area contributed by atoms with E-state index in [0.717, 1.165) is 11.4 Å². The Kier molecular flexibility index (Phi) is 4.75. The van der Waals surface area contributed by atoms with Crippen LogP contribution in [0.1, 0.15) is 5.56 Å². The maximum Gasteiger partial charge on any atom is 0.191 e. The second-order valence-electron chi connectivity index (χ2n) is 4.22. The summed E-state index contributed by atoms with van der Waals surface area (Å²) in [5.74, 6) is 6.48. The molecule has 5 nitrogen and oxygen atoms in total. The molecule has 0 aliphatic rings. The van der Waals surface area contributed by atoms with Crippen molar-refractivity contribution in [2.24, 2.45) is 5.84 Å². The topological polar surface area (TPSA) is 67.1 Å². The lowest BCUT2D eigenvalue weighted by Gasteiger charge is -2.19. The van der Waals surface area contributed by atoms with E-state index in [4.69, 9.17) is 5.84 Å². The molecule has 20 heavy (non-hydrogen) atoms. The maximum atomic E-state index is 12.9. The number of nitrogens with zero attached hydrogens (tertiary/aromatic N) is 3. The van der Waals surface area contributed by atoms with Crippen LogP contribution in [0.3, 0.4) is 0 Å². The smallest absolute Gasteiger partial charge is 0.191 e. The molecule has 1 heterocycles. The summed E-state index contributed by atoms with van der Waals surface area (Å²) in [5, 5.41) is 0.640. The Bertz CT molecular complexity index is 553. The summed E-state index contributed by atoms with van der Waals surface area (Å²) in [6.45, 7) is 0.620. The van der Waals surface area contributed by atoms with Gasteiger partial charge >= 0.3 is 0 Å². The van der Waals surface area contributed by atoms with Gasteiger partial charge in [0.2, 0.25) is 0 Å². The van der Waals surface area contributed by atoms with E-state index in [-0.39, 0.29) is 5.82 Å². The van der Waals surface area contributed by atoms with Crippen LogP contribution in [-0.4, -0.2) is 23.3 Å². The Morgan fingerprint density at radius 2 is 2.00 bits per heavy atom. The first-order valence-electron chi connectivity index (χ1n) is 5.97. The van der Waals surface area contributed by atoms with Gasteiger partial charge in [0.1, 0.15) is 17.5 Å². The lowest BCUT2D eigenvalue weighted by Crippen LogP contribution is -2.19. The Hall–Kier alpha value is -1.86. The number of rotatable bonds is 5. The Labute approximate surface area is 121 Å². The molecule has 0 amide bonds. The normalized spacial score (nSPS) is 10.4. The summed E-state index contributed by atoms with van der Waals surface area (Å²) in [5.41, 5.74) is 3.53. The van der Waals surface area contributed by atoms with Crippen LogP contribution < -0.4 is 16.2 Å². The van der Waals surface area contributed by atoms with E-state index in [2.05, 4.69) is 15.4 Å². The van der Waals surface area contributed by atoms with E-state index in [1.165, 1.54) is 23.9 Å². The van der Waals surface area contributed by atoms with Crippen molar-refractivity contribution in [3.05, 3.63) is 41.7 Å². The minimum Gasteiger partial charge on any atom is -0.355 e. The Morgan fingerprint density at radius 1 is 1.30 bits per heavy atom. The van der Waals surface area contributed by atoms with Gasteiger partial charge in [-0.15, -0.1) is 0 Å². The van der Waals surface area contributed by atoms with Crippen molar-refractivity contribution in [1.29, 1.82) is 0 Å². The van der Waals surface area contributed by atoms with Gasteiger partial charge in [-0.2, -0.15) is 0 Å². The molecule has 0 unspecified atom stereocenters. The van der Waals surface area contributed by atoms with Crippen molar-refractivity contribution in [2.45, 2.75) is 11.7 Å². The lowest BCUT2D eigenvalue weighted by molar-refractivity contribution is 0.627. The van der Waals surface area contributed by atoms with E-state index in [0.29, 0.717) is 17.5 Å². The third-order valence-corrected chi connectivity index (χ3v) is 3.29. The summed E-state index contributed by atoms with van der Waals surface area (Å²) in [7, 11) is 1.91. The number of halogens is 1. The molecule has 0 spiro atoms. The van der Waals surface area contributed by atoms with Crippen LogP contribution in [-0.2, 0) is 6.54 Å². The molecule has 0 saturated carbocycles. The third kappa shape index (κ3) is 3.58. The average Bonchev–Trinajstić information content (AvgIpc) is 2.48. The van der Waals surface area contributed by atoms with Gasteiger partial charge < -0.3 is 10.3 Å². The fraction of sp³-hybridized carbons (Fsp3) is 0.231. The van der Waals surface area contributed by atoms with Crippen molar-refractivity contribution in [3.8, 4) is 0 Å². The molecule has 0 fully saturated rings. The van der Waals surface area contributed by atoms with Crippen molar-refractivity contribution < 1.29 is 4.39 Å². The first-order chi connectivity index (χ1) is 9.62. The SMILES string of the molecule is CSc1nc(NN)cc(N(C)Cc2ccc(F)cc2)n1. The van der Waals surface area contributed by atoms with Crippen LogP contribution in [0.5, 0.6) is 0 Å². The molecule has 0 bridgehead atoms. The fourth-order valence-electron chi connectivity index (χ4n) is 1.72. The summed E-state index contributed by atoms with van der Waals surface area (Å²) < 4.78 is 12.9. The number of anilines is 2. The number of thioether (sulfide) groups is 1. The fourth-order valence-corrected chi connectivity index (χ4v) is 2.09. The number of hydrazine groups is 1. The molecule has 0 saturated heterocycles. The van der Waals surface area contributed by atoms with Crippen LogP contribution in [0, 0.1) is 5.82 Å². The van der Waals surface area contributed by atoms with Gasteiger partial charge in [0, 0.05) is 19.7 Å². The van der Waals surface area contributed by atoms with Crippen molar-refractivity contribution in [3.63, 3.8) is 0 Å². The number of nitrogen functional groups attached to an aromatic ring is 1. The number of nitrogens with one attached hydrogen (secondary N) is 1. The van der Waals surface area contributed by atoms with Gasteiger partial charge in [-0.1, -0.05) is 23.9 Å². The summed E-state index contributed by atoms with van der Waals surface area (Å²) >= 11 is 1.44. The number of hydrogen-bond acceptors (Lipinski definition) is 6. The minimum atomic E-state index is -0.238.